The van der Waals surface area contributed by atoms with Crippen LogP contribution in [-0.2, 0) is 9.53 Å². The van der Waals surface area contributed by atoms with Gasteiger partial charge in [-0.25, -0.2) is 0 Å². The first-order valence-electron chi connectivity index (χ1n) is 10.4. The normalized spacial score (nSPS) is 15.0. The van der Waals surface area contributed by atoms with Gasteiger partial charge in [-0.1, -0.05) is 13.8 Å². The Bertz CT molecular complexity index is 636. The van der Waals surface area contributed by atoms with Crippen molar-refractivity contribution in [3.8, 4) is 0 Å². The highest BCUT2D eigenvalue weighted by Gasteiger charge is 2.22. The molecule has 1 fully saturated rings. The van der Waals surface area contributed by atoms with Gasteiger partial charge in [-0.3, -0.25) is 9.59 Å². The summed E-state index contributed by atoms with van der Waals surface area (Å²) >= 11 is 0. The molecule has 7 nitrogen and oxygen atoms in total. The average molecular weight is 395 g/mol. The van der Waals surface area contributed by atoms with Crippen LogP contribution in [0.5, 0.6) is 0 Å². The van der Waals surface area contributed by atoms with Gasteiger partial charge in [-0.05, 0) is 25.8 Å². The molecule has 0 radical (unpaired) electrons. The number of carbonyl (C=O) groups is 2. The number of carbonyl (C=O) groups excluding carboxylic acids is 2. The molecule has 0 aliphatic carbocycles. The molecule has 0 saturated carbocycles. The van der Waals surface area contributed by atoms with Crippen LogP contribution in [0.4, 0.5) is 0 Å². The molecule has 0 bridgehead atoms. The van der Waals surface area contributed by atoms with Gasteiger partial charge in [0.25, 0.3) is 5.91 Å². The Labute approximate surface area is 168 Å². The van der Waals surface area contributed by atoms with Crippen LogP contribution in [-0.4, -0.2) is 69.2 Å². The highest BCUT2D eigenvalue weighted by Crippen LogP contribution is 2.17. The third kappa shape index (κ3) is 7.28. The molecular weight excluding hydrogens is 358 g/mol. The predicted molar refractivity (Wildman–Crippen MR) is 108 cm³/mol. The summed E-state index contributed by atoms with van der Waals surface area (Å²) < 4.78 is 10.9. The molecular formula is C21H36N3O4+. The number of furan rings is 1. The fourth-order valence-corrected chi connectivity index (χ4v) is 3.53. The lowest BCUT2D eigenvalue weighted by molar-refractivity contribution is -0.908. The van der Waals surface area contributed by atoms with Gasteiger partial charge in [-0.2, -0.15) is 0 Å². The van der Waals surface area contributed by atoms with E-state index in [0.29, 0.717) is 43.3 Å². The number of amides is 2. The lowest BCUT2D eigenvalue weighted by Crippen LogP contribution is -3.14. The van der Waals surface area contributed by atoms with E-state index in [1.54, 1.807) is 22.8 Å². The van der Waals surface area contributed by atoms with Crippen LogP contribution < -0.4 is 10.2 Å². The van der Waals surface area contributed by atoms with E-state index in [1.165, 1.54) is 0 Å². The molecule has 2 heterocycles. The fraction of sp³-hybridized carbons (Fsp3) is 0.714. The summed E-state index contributed by atoms with van der Waals surface area (Å²) in [5.41, 5.74) is 0.590. The van der Waals surface area contributed by atoms with Crippen molar-refractivity contribution < 1.29 is 23.6 Å². The third-order valence-corrected chi connectivity index (χ3v) is 4.98. The molecule has 1 aliphatic rings. The minimum Gasteiger partial charge on any atom is -0.466 e. The number of nitrogens with zero attached hydrogens (tertiary/aromatic N) is 1. The lowest BCUT2D eigenvalue weighted by Gasteiger charge is -2.24. The molecule has 0 unspecified atom stereocenters. The largest absolute Gasteiger partial charge is 0.466 e. The van der Waals surface area contributed by atoms with Crippen molar-refractivity contribution in [2.24, 2.45) is 5.92 Å². The quantitative estimate of drug-likeness (QED) is 0.576. The summed E-state index contributed by atoms with van der Waals surface area (Å²) in [6.07, 6.45) is 1.28. The van der Waals surface area contributed by atoms with Gasteiger partial charge in [0.05, 0.1) is 25.3 Å². The van der Waals surface area contributed by atoms with Crippen molar-refractivity contribution in [3.05, 3.63) is 23.2 Å². The maximum atomic E-state index is 12.9. The van der Waals surface area contributed by atoms with Gasteiger partial charge in [-0.15, -0.1) is 0 Å². The van der Waals surface area contributed by atoms with E-state index in [2.05, 4.69) is 19.2 Å². The molecule has 0 atom stereocenters. The van der Waals surface area contributed by atoms with Gasteiger partial charge in [0, 0.05) is 32.5 Å². The molecule has 1 aromatic rings. The van der Waals surface area contributed by atoms with E-state index >= 15 is 0 Å². The second-order valence-corrected chi connectivity index (χ2v) is 8.04. The molecule has 2 amide bonds. The molecule has 158 valence electrons. The lowest BCUT2D eigenvalue weighted by atomic mass is 10.1. The zero-order valence-electron chi connectivity index (χ0n) is 17.8. The number of quaternary nitrogens is 1. The van der Waals surface area contributed by atoms with E-state index < -0.39 is 0 Å². The van der Waals surface area contributed by atoms with Crippen LogP contribution in [0.2, 0.25) is 0 Å². The molecule has 2 rings (SSSR count). The van der Waals surface area contributed by atoms with Crippen molar-refractivity contribution in [2.45, 2.75) is 40.5 Å². The summed E-state index contributed by atoms with van der Waals surface area (Å²) in [6.45, 7) is 14.3. The summed E-state index contributed by atoms with van der Waals surface area (Å²) in [6, 6.07) is 1.78. The minimum atomic E-state index is -0.0632. The van der Waals surface area contributed by atoms with E-state index in [-0.39, 0.29) is 11.8 Å². The summed E-state index contributed by atoms with van der Waals surface area (Å²) in [5, 5.41) is 2.99. The van der Waals surface area contributed by atoms with Crippen LogP contribution in [0, 0.1) is 19.8 Å². The van der Waals surface area contributed by atoms with E-state index in [4.69, 9.17) is 9.15 Å². The van der Waals surface area contributed by atoms with Gasteiger partial charge in [0.15, 0.2) is 0 Å². The molecule has 7 heteroatoms. The second kappa shape index (κ2) is 11.2. The summed E-state index contributed by atoms with van der Waals surface area (Å²) in [7, 11) is 0. The molecule has 1 saturated heterocycles. The molecule has 1 aliphatic heterocycles. The number of nitrogens with one attached hydrogen (secondary N) is 2. The van der Waals surface area contributed by atoms with Crippen molar-refractivity contribution in [2.75, 3.05) is 52.5 Å². The number of aryl methyl sites for hydroxylation is 2. The first kappa shape index (κ1) is 22.4. The van der Waals surface area contributed by atoms with Crippen LogP contribution in [0.3, 0.4) is 0 Å². The highest BCUT2D eigenvalue weighted by molar-refractivity contribution is 5.95. The topological polar surface area (TPSA) is 76.2 Å². The fourth-order valence-electron chi connectivity index (χ4n) is 3.53. The zero-order valence-corrected chi connectivity index (χ0v) is 17.8. The first-order valence-corrected chi connectivity index (χ1v) is 10.4. The number of ether oxygens (including phenoxy) is 1. The molecule has 0 spiro atoms. The van der Waals surface area contributed by atoms with Crippen LogP contribution >= 0.6 is 0 Å². The van der Waals surface area contributed by atoms with Crippen LogP contribution in [0.15, 0.2) is 10.5 Å². The second-order valence-electron chi connectivity index (χ2n) is 8.04. The minimum absolute atomic E-state index is 0.00127. The first-order chi connectivity index (χ1) is 13.4. The maximum absolute atomic E-state index is 12.9. The smallest absolute Gasteiger partial charge is 0.257 e. The summed E-state index contributed by atoms with van der Waals surface area (Å²) in [4.78, 5) is 28.4. The average Bonchev–Trinajstić information content (AvgIpc) is 3.00. The molecule has 28 heavy (non-hydrogen) atoms. The Morgan fingerprint density at radius 1 is 1.25 bits per heavy atom. The Kier molecular flexibility index (Phi) is 8.99. The third-order valence-electron chi connectivity index (χ3n) is 4.98. The van der Waals surface area contributed by atoms with Crippen molar-refractivity contribution in [3.63, 3.8) is 0 Å². The van der Waals surface area contributed by atoms with Crippen molar-refractivity contribution >= 4 is 11.8 Å². The Balaban J connectivity index is 1.76. The van der Waals surface area contributed by atoms with Crippen molar-refractivity contribution in [1.82, 2.24) is 10.2 Å². The molecule has 2 N–H and O–H groups in total. The van der Waals surface area contributed by atoms with Gasteiger partial charge in [0.2, 0.25) is 5.91 Å². The predicted octanol–water partition coefficient (Wildman–Crippen LogP) is 0.806. The van der Waals surface area contributed by atoms with Crippen LogP contribution in [0.1, 0.15) is 48.6 Å². The maximum Gasteiger partial charge on any atom is 0.257 e. The van der Waals surface area contributed by atoms with Crippen molar-refractivity contribution in [1.29, 1.82) is 0 Å². The van der Waals surface area contributed by atoms with E-state index in [1.807, 2.05) is 6.92 Å². The Morgan fingerprint density at radius 2 is 1.96 bits per heavy atom. The number of morpholine rings is 1. The highest BCUT2D eigenvalue weighted by atomic mass is 16.5. The van der Waals surface area contributed by atoms with Gasteiger partial charge < -0.3 is 24.3 Å². The van der Waals surface area contributed by atoms with Gasteiger partial charge >= 0.3 is 0 Å². The van der Waals surface area contributed by atoms with E-state index in [9.17, 15) is 9.59 Å². The zero-order chi connectivity index (χ0) is 20.5. The van der Waals surface area contributed by atoms with E-state index in [0.717, 1.165) is 45.0 Å². The van der Waals surface area contributed by atoms with Crippen LogP contribution in [0.25, 0.3) is 0 Å². The molecule has 0 aromatic carbocycles. The standard InChI is InChI=1S/C21H35N3O4/c1-16(2)15-24(21(26)19-14-17(3)28-18(19)4)9-6-20(25)22-7-5-8-23-10-12-27-13-11-23/h14,16H,5-13,15H2,1-4H3,(H,22,25)/p+1. The molecule has 1 aromatic heterocycles. The Hall–Kier alpha value is -1.86. The number of hydrogen-bond acceptors (Lipinski definition) is 4. The van der Waals surface area contributed by atoms with Gasteiger partial charge in [0.1, 0.15) is 24.6 Å². The monoisotopic (exact) mass is 394 g/mol. The SMILES string of the molecule is Cc1cc(C(=O)N(CCC(=O)NCCC[NH+]2CCOCC2)CC(C)C)c(C)o1. The summed E-state index contributed by atoms with van der Waals surface area (Å²) in [5.74, 6) is 1.62. The number of hydrogen-bond donors (Lipinski definition) is 2. The Morgan fingerprint density at radius 3 is 2.57 bits per heavy atom. The number of rotatable bonds is 10.